The van der Waals surface area contributed by atoms with Crippen LogP contribution >= 0.6 is 0 Å². The molecule has 23 nitrogen and oxygen atoms in total. The molecule has 0 bridgehead atoms. The Kier molecular flexibility index (Phi) is 22.7. The zero-order valence-electron chi connectivity index (χ0n) is 49.2. The number of likely N-dealkylation sites (N-methyl/N-ethyl adjacent to an activating group) is 1. The molecule has 1 aromatic carbocycles. The van der Waals surface area contributed by atoms with Crippen molar-refractivity contribution in [3.05, 3.63) is 45.7 Å². The van der Waals surface area contributed by atoms with Gasteiger partial charge in [0.05, 0.1) is 59.9 Å². The Morgan fingerprint density at radius 2 is 1.61 bits per heavy atom. The quantitative estimate of drug-likeness (QED) is 0.0703. The van der Waals surface area contributed by atoms with Crippen molar-refractivity contribution in [2.45, 2.75) is 192 Å². The number of oxime groups is 1. The summed E-state index contributed by atoms with van der Waals surface area (Å²) in [5, 5.41) is 67.1. The van der Waals surface area contributed by atoms with Gasteiger partial charge in [0.25, 0.3) is 0 Å². The normalized spacial score (nSPS) is 36.6. The highest BCUT2D eigenvalue weighted by Crippen LogP contribution is 2.42. The number of carboxylic acids is 1. The van der Waals surface area contributed by atoms with E-state index < -0.39 is 119 Å². The van der Waals surface area contributed by atoms with E-state index >= 15 is 0 Å². The lowest BCUT2D eigenvalue weighted by Gasteiger charge is -2.49. The maximum atomic E-state index is 14.6. The van der Waals surface area contributed by atoms with Crippen LogP contribution in [0.15, 0.2) is 34.3 Å². The number of cyclic esters (lactones) is 1. The number of nitrogens with zero attached hydrogens (tertiary/aromatic N) is 4. The van der Waals surface area contributed by atoms with Gasteiger partial charge in [-0.3, -0.25) is 14.3 Å². The van der Waals surface area contributed by atoms with Gasteiger partial charge in [-0.1, -0.05) is 38.9 Å². The van der Waals surface area contributed by atoms with Crippen LogP contribution in [-0.4, -0.2) is 205 Å². The minimum absolute atomic E-state index is 0.0117. The molecule has 3 fully saturated rings. The third kappa shape index (κ3) is 15.3. The zero-order chi connectivity index (χ0) is 59.1. The summed E-state index contributed by atoms with van der Waals surface area (Å²) < 4.78 is 52.0. The molecule has 0 unspecified atom stereocenters. The highest BCUT2D eigenvalue weighted by atomic mass is 16.7. The van der Waals surface area contributed by atoms with Gasteiger partial charge in [0.2, 0.25) is 5.43 Å². The fourth-order valence-corrected chi connectivity index (χ4v) is 11.8. The number of esters is 1. The molecule has 0 spiro atoms. The Morgan fingerprint density at radius 3 is 2.22 bits per heavy atom. The van der Waals surface area contributed by atoms with Crippen molar-refractivity contribution in [3.63, 3.8) is 0 Å². The molecule has 2 aromatic rings. The molecule has 448 valence electrons. The number of aromatic carboxylic acids is 1. The molecule has 1 amide bonds. The van der Waals surface area contributed by atoms with E-state index in [2.05, 4.69) is 10.5 Å². The van der Waals surface area contributed by atoms with Crippen LogP contribution in [0.5, 0.6) is 0 Å². The lowest BCUT2D eigenvalue weighted by molar-refractivity contribution is -0.317. The van der Waals surface area contributed by atoms with E-state index in [4.69, 9.17) is 42.7 Å². The molecule has 0 aliphatic carbocycles. The molecule has 0 radical (unpaired) electrons. The molecule has 5 rings (SSSR count). The number of carboxylic acid groups (broad SMARTS) is 1. The molecule has 1 aromatic heterocycles. The second kappa shape index (κ2) is 27.5. The van der Waals surface area contributed by atoms with E-state index in [-0.39, 0.29) is 50.1 Å². The molecule has 3 aliphatic rings. The van der Waals surface area contributed by atoms with Crippen LogP contribution in [0.3, 0.4) is 0 Å². The largest absolute Gasteiger partial charge is 0.477 e. The second-order valence-corrected chi connectivity index (χ2v) is 23.0. The number of methoxy groups -OCH3 is 1. The first-order valence-corrected chi connectivity index (χ1v) is 27.5. The van der Waals surface area contributed by atoms with Gasteiger partial charge in [-0.2, -0.15) is 0 Å². The predicted molar refractivity (Wildman–Crippen MR) is 292 cm³/mol. The minimum atomic E-state index is -1.98. The van der Waals surface area contributed by atoms with Crippen LogP contribution in [0.25, 0.3) is 10.9 Å². The third-order valence-electron chi connectivity index (χ3n) is 16.2. The number of carbonyl (C=O) groups excluding carboxylic acids is 2. The molecule has 6 N–H and O–H groups in total. The third-order valence-corrected chi connectivity index (χ3v) is 16.2. The number of fused-ring (bicyclic) bond motifs is 1. The average Bonchev–Trinajstić information content (AvgIpc) is 3.42. The number of aromatic nitrogens is 1. The summed E-state index contributed by atoms with van der Waals surface area (Å²) in [5.74, 6) is -5.59. The van der Waals surface area contributed by atoms with E-state index in [0.717, 1.165) is 5.56 Å². The molecule has 3 aliphatic heterocycles. The SMILES string of the molecule is CC[C@H]1OC(=O)[C@H](C)[C@@H](O[C@H]2C[C@@](C)(OC)[C@@H](OC(=O)NCCOCCCc3ccc4c(c3)c(=O)c(C(=O)O)cn4N(C)C)[C@H](C)O2)[C@H](C)[C@@H](O[C@@H]2O[C@H](C)C[C@H](N(C)C)[C@H]2O)[C@](C)(O)C[C@@H](C)/C(=N\OC)[C@H](C)[C@@H](O)[C@]1(C)O. The van der Waals surface area contributed by atoms with E-state index in [1.807, 2.05) is 38.9 Å². The molecule has 0 saturated carbocycles. The summed E-state index contributed by atoms with van der Waals surface area (Å²) >= 11 is 0. The van der Waals surface area contributed by atoms with Crippen LogP contribution in [-0.2, 0) is 53.9 Å². The van der Waals surface area contributed by atoms with Gasteiger partial charge in [-0.05, 0) is 105 Å². The van der Waals surface area contributed by atoms with E-state index in [0.29, 0.717) is 42.5 Å². The van der Waals surface area contributed by atoms with Crippen molar-refractivity contribution in [2.75, 3.05) is 67.2 Å². The van der Waals surface area contributed by atoms with Gasteiger partial charge >= 0.3 is 18.0 Å². The van der Waals surface area contributed by atoms with Gasteiger partial charge in [0.1, 0.15) is 36.1 Å². The van der Waals surface area contributed by atoms with Crippen molar-refractivity contribution in [3.8, 4) is 0 Å². The Balaban J connectivity index is 1.33. The number of aliphatic hydroxyl groups excluding tert-OH is 2. The number of alkyl carbamates (subject to hydrolysis) is 1. The Morgan fingerprint density at radius 1 is 0.924 bits per heavy atom. The number of hydrogen-bond acceptors (Lipinski definition) is 20. The molecule has 18 atom stereocenters. The van der Waals surface area contributed by atoms with Crippen molar-refractivity contribution >= 4 is 34.6 Å². The molecule has 3 saturated heterocycles. The summed E-state index contributed by atoms with van der Waals surface area (Å²) in [7, 11) is 10.0. The number of ether oxygens (including phenoxy) is 8. The van der Waals surface area contributed by atoms with Gasteiger partial charge in [-0.25, -0.2) is 9.59 Å². The van der Waals surface area contributed by atoms with Crippen LogP contribution in [0, 0.1) is 23.7 Å². The van der Waals surface area contributed by atoms with Gasteiger partial charge in [0, 0.05) is 76.2 Å². The predicted octanol–water partition coefficient (Wildman–Crippen LogP) is 3.81. The fraction of sp³-hybridized carbons (Fsp3) is 0.768. The Hall–Kier alpha value is -4.53. The van der Waals surface area contributed by atoms with Gasteiger partial charge in [-0.15, -0.1) is 0 Å². The number of hydrogen-bond donors (Lipinski definition) is 6. The number of amides is 1. The maximum absolute atomic E-state index is 14.6. The smallest absolute Gasteiger partial charge is 0.407 e. The maximum Gasteiger partial charge on any atom is 0.407 e. The van der Waals surface area contributed by atoms with Crippen LogP contribution in [0.1, 0.15) is 117 Å². The van der Waals surface area contributed by atoms with Gasteiger partial charge in [0.15, 0.2) is 18.7 Å². The topological polar surface area (TPSA) is 288 Å². The van der Waals surface area contributed by atoms with Gasteiger partial charge < -0.3 is 83.5 Å². The Bertz CT molecular complexity index is 2450. The van der Waals surface area contributed by atoms with E-state index in [1.165, 1.54) is 27.3 Å². The molecule has 79 heavy (non-hydrogen) atoms. The monoisotopic (exact) mass is 1120 g/mol. The van der Waals surface area contributed by atoms with Crippen LogP contribution in [0.4, 0.5) is 4.79 Å². The van der Waals surface area contributed by atoms with Crippen molar-refractivity contribution < 1.29 is 82.6 Å². The number of benzene rings is 1. The number of nitrogens with one attached hydrogen (secondary N) is 1. The number of rotatable bonds is 18. The average molecular weight is 1120 g/mol. The van der Waals surface area contributed by atoms with Crippen molar-refractivity contribution in [2.24, 2.45) is 28.8 Å². The first-order valence-electron chi connectivity index (χ1n) is 27.5. The summed E-state index contributed by atoms with van der Waals surface area (Å²) in [6.45, 7) is 17.5. The summed E-state index contributed by atoms with van der Waals surface area (Å²) in [5.41, 5.74) is -4.14. The number of aryl methyl sites for hydroxylation is 1. The highest BCUT2D eigenvalue weighted by molar-refractivity contribution is 5.93. The highest BCUT2D eigenvalue weighted by Gasteiger charge is 2.54. The zero-order valence-corrected chi connectivity index (χ0v) is 49.2. The minimum Gasteiger partial charge on any atom is -0.477 e. The molecular weight excluding hydrogens is 1030 g/mol. The Labute approximate surface area is 464 Å². The second-order valence-electron chi connectivity index (χ2n) is 23.0. The standard InChI is InChI=1S/C56H91N5O18/c1-17-41-56(10,70)47(64)32(4)43(58-72-16)30(2)27-54(8,69)48(78-52-45(63)40(59(11)12)25-31(3)74-52)33(5)46(34(6)51(67)76-41)77-42-28-55(9,71-15)49(35(7)75-42)79-53(68)57-22-24-73-23-18-19-36-20-21-39-37(26-36)44(62)38(50(65)66)29-61(39)60(13)14/h20-21,26,29-35,40-42,45-49,52,63-64,69-70H,17-19,22-25,27-28H2,1-16H3,(H,57,68)(H,65,66)/b58-43+/t30-,31-,32+,33+,34-,35+,40+,41-,42+,45-,46+,47-,48-,49+,52+,54-,55-,56-/m1/s1. The summed E-state index contributed by atoms with van der Waals surface area (Å²) in [4.78, 5) is 59.9. The van der Waals surface area contributed by atoms with Crippen molar-refractivity contribution in [1.29, 1.82) is 0 Å². The lowest BCUT2D eigenvalue weighted by atomic mass is 9.73. The molecular formula is C56H91N5O18. The van der Waals surface area contributed by atoms with E-state index in [1.54, 1.807) is 84.4 Å². The number of carbonyl (C=O) groups is 3. The summed E-state index contributed by atoms with van der Waals surface area (Å²) in [6.07, 6.45) is -8.50. The summed E-state index contributed by atoms with van der Waals surface area (Å²) in [6, 6.07) is 5.01. The van der Waals surface area contributed by atoms with Crippen LogP contribution in [0.2, 0.25) is 0 Å². The first-order chi connectivity index (χ1) is 36.9. The molecule has 4 heterocycles. The first kappa shape index (κ1) is 65.3. The number of pyridine rings is 1. The van der Waals surface area contributed by atoms with Crippen LogP contribution < -0.4 is 15.8 Å². The molecule has 23 heteroatoms. The lowest BCUT2D eigenvalue weighted by Crippen LogP contribution is -2.61. The van der Waals surface area contributed by atoms with E-state index in [9.17, 15) is 44.7 Å². The van der Waals surface area contributed by atoms with Crippen molar-refractivity contribution in [1.82, 2.24) is 14.9 Å². The fourth-order valence-electron chi connectivity index (χ4n) is 11.8. The number of aliphatic hydroxyl groups is 4.